The molecule has 0 saturated carbocycles. The molecule has 0 aliphatic heterocycles. The fourth-order valence-corrected chi connectivity index (χ4v) is 4.30. The molecule has 0 saturated heterocycles. The van der Waals surface area contributed by atoms with Gasteiger partial charge in [-0.15, -0.1) is 11.3 Å². The van der Waals surface area contributed by atoms with Crippen LogP contribution in [0.2, 0.25) is 0 Å². The molecule has 0 amide bonds. The first-order chi connectivity index (χ1) is 11.7. The van der Waals surface area contributed by atoms with Crippen molar-refractivity contribution in [3.63, 3.8) is 0 Å². The third-order valence-corrected chi connectivity index (χ3v) is 5.54. The fraction of sp³-hybridized carbons (Fsp3) is 0.278. The number of anilines is 1. The van der Waals surface area contributed by atoms with Gasteiger partial charge < -0.3 is 0 Å². The molecule has 4 rings (SSSR count). The van der Waals surface area contributed by atoms with Crippen LogP contribution in [0.25, 0.3) is 10.2 Å². The summed E-state index contributed by atoms with van der Waals surface area (Å²) in [4.78, 5) is 11.3. The molecule has 24 heavy (non-hydrogen) atoms. The summed E-state index contributed by atoms with van der Waals surface area (Å²) in [6, 6.07) is 6.31. The van der Waals surface area contributed by atoms with Crippen LogP contribution in [-0.4, -0.2) is 15.7 Å². The molecule has 2 aromatic heterocycles. The number of hydrogen-bond acceptors (Lipinski definition) is 5. The summed E-state index contributed by atoms with van der Waals surface area (Å²) in [6.07, 6.45) is 6.25. The first-order valence-electron chi connectivity index (χ1n) is 8.04. The molecule has 0 bridgehead atoms. The van der Waals surface area contributed by atoms with Crippen LogP contribution in [0.4, 0.5) is 10.2 Å². The van der Waals surface area contributed by atoms with E-state index in [0.29, 0.717) is 0 Å². The predicted octanol–water partition coefficient (Wildman–Crippen LogP) is 4.55. The summed E-state index contributed by atoms with van der Waals surface area (Å²) in [5.41, 5.74) is 6.12. The largest absolute Gasteiger partial charge is 0.260 e. The van der Waals surface area contributed by atoms with E-state index in [9.17, 15) is 4.39 Å². The van der Waals surface area contributed by atoms with E-state index in [1.165, 1.54) is 35.4 Å². The molecule has 0 spiro atoms. The topological polar surface area (TPSA) is 50.2 Å². The van der Waals surface area contributed by atoms with Crippen molar-refractivity contribution in [2.75, 3.05) is 5.43 Å². The number of fused-ring (bicyclic) bond motifs is 3. The van der Waals surface area contributed by atoms with Crippen molar-refractivity contribution in [1.29, 1.82) is 0 Å². The molecule has 2 heterocycles. The standard InChI is InChI=1S/C18H17FN4S/c1-11(12-6-8-13(19)9-7-12)22-23-17-16-14-4-2-3-5-15(14)24-18(16)21-10-20-17/h6-10H,2-5H2,1H3,(H,20,21,23). The van der Waals surface area contributed by atoms with Crippen LogP contribution in [-0.2, 0) is 12.8 Å². The fourth-order valence-electron chi connectivity index (χ4n) is 3.07. The summed E-state index contributed by atoms with van der Waals surface area (Å²) in [5.74, 6) is 0.503. The highest BCUT2D eigenvalue weighted by molar-refractivity contribution is 7.19. The Hall–Kier alpha value is -2.34. The average Bonchev–Trinajstić information content (AvgIpc) is 2.99. The smallest absolute Gasteiger partial charge is 0.158 e. The monoisotopic (exact) mass is 340 g/mol. The van der Waals surface area contributed by atoms with Crippen LogP contribution in [0.15, 0.2) is 35.7 Å². The van der Waals surface area contributed by atoms with E-state index in [1.807, 2.05) is 6.92 Å². The van der Waals surface area contributed by atoms with Crippen LogP contribution in [0.3, 0.4) is 0 Å². The minimum absolute atomic E-state index is 0.248. The number of hydrogen-bond donors (Lipinski definition) is 1. The van der Waals surface area contributed by atoms with Crippen molar-refractivity contribution < 1.29 is 4.39 Å². The molecule has 1 aromatic carbocycles. The van der Waals surface area contributed by atoms with Gasteiger partial charge in [0.2, 0.25) is 0 Å². The maximum Gasteiger partial charge on any atom is 0.158 e. The maximum atomic E-state index is 13.0. The number of nitrogens with zero attached hydrogens (tertiary/aromatic N) is 3. The Labute approximate surface area is 143 Å². The second-order valence-corrected chi connectivity index (χ2v) is 7.01. The van der Waals surface area contributed by atoms with Gasteiger partial charge >= 0.3 is 0 Å². The first kappa shape index (κ1) is 15.2. The Morgan fingerprint density at radius 1 is 1.17 bits per heavy atom. The van der Waals surface area contributed by atoms with E-state index in [2.05, 4.69) is 20.5 Å². The lowest BCUT2D eigenvalue weighted by atomic mass is 9.97. The highest BCUT2D eigenvalue weighted by atomic mass is 32.1. The molecule has 0 atom stereocenters. The second kappa shape index (κ2) is 6.28. The normalized spacial score (nSPS) is 14.7. The molecule has 6 heteroatoms. The van der Waals surface area contributed by atoms with Gasteiger partial charge in [-0.25, -0.2) is 14.4 Å². The van der Waals surface area contributed by atoms with Crippen molar-refractivity contribution in [2.24, 2.45) is 5.10 Å². The van der Waals surface area contributed by atoms with Gasteiger partial charge in [0.15, 0.2) is 5.82 Å². The number of aromatic nitrogens is 2. The molecule has 3 aromatic rings. The van der Waals surface area contributed by atoms with Gasteiger partial charge in [-0.05, 0) is 55.9 Å². The number of halogens is 1. The van der Waals surface area contributed by atoms with Crippen molar-refractivity contribution in [3.05, 3.63) is 52.4 Å². The van der Waals surface area contributed by atoms with Gasteiger partial charge in [0, 0.05) is 4.88 Å². The number of hydrazone groups is 1. The minimum atomic E-state index is -0.248. The van der Waals surface area contributed by atoms with Crippen molar-refractivity contribution >= 4 is 33.1 Å². The zero-order chi connectivity index (χ0) is 16.5. The van der Waals surface area contributed by atoms with Gasteiger partial charge in [-0.2, -0.15) is 5.10 Å². The number of benzene rings is 1. The Kier molecular flexibility index (Phi) is 3.98. The molecular weight excluding hydrogens is 323 g/mol. The van der Waals surface area contributed by atoms with E-state index in [-0.39, 0.29) is 5.82 Å². The molecule has 1 aliphatic rings. The summed E-state index contributed by atoms with van der Waals surface area (Å²) < 4.78 is 13.0. The molecular formula is C18H17FN4S. The lowest BCUT2D eigenvalue weighted by Crippen LogP contribution is -2.03. The van der Waals surface area contributed by atoms with Crippen LogP contribution in [0, 0.1) is 5.82 Å². The quantitative estimate of drug-likeness (QED) is 0.562. The van der Waals surface area contributed by atoms with Gasteiger partial charge in [-0.1, -0.05) is 12.1 Å². The van der Waals surface area contributed by atoms with Gasteiger partial charge in [0.25, 0.3) is 0 Å². The Bertz CT molecular complexity index is 915. The van der Waals surface area contributed by atoms with Crippen molar-refractivity contribution in [3.8, 4) is 0 Å². The molecule has 1 aliphatic carbocycles. The molecule has 4 nitrogen and oxygen atoms in total. The minimum Gasteiger partial charge on any atom is -0.260 e. The van der Waals surface area contributed by atoms with Crippen LogP contribution in [0.5, 0.6) is 0 Å². The number of thiophene rings is 1. The highest BCUT2D eigenvalue weighted by Crippen LogP contribution is 2.38. The van der Waals surface area contributed by atoms with Crippen molar-refractivity contribution in [2.45, 2.75) is 32.6 Å². The Morgan fingerprint density at radius 2 is 1.96 bits per heavy atom. The third-order valence-electron chi connectivity index (χ3n) is 4.34. The second-order valence-electron chi connectivity index (χ2n) is 5.93. The number of aryl methyl sites for hydroxylation is 2. The van der Waals surface area contributed by atoms with E-state index >= 15 is 0 Å². The van der Waals surface area contributed by atoms with Gasteiger partial charge in [0.1, 0.15) is 17.0 Å². The molecule has 122 valence electrons. The lowest BCUT2D eigenvalue weighted by Gasteiger charge is -2.11. The van der Waals surface area contributed by atoms with E-state index in [4.69, 9.17) is 0 Å². The van der Waals surface area contributed by atoms with Gasteiger partial charge in [-0.3, -0.25) is 5.43 Å². The summed E-state index contributed by atoms with van der Waals surface area (Å²) in [7, 11) is 0. The first-order valence-corrected chi connectivity index (χ1v) is 8.85. The average molecular weight is 340 g/mol. The summed E-state index contributed by atoms with van der Waals surface area (Å²) >= 11 is 1.76. The van der Waals surface area contributed by atoms with Crippen molar-refractivity contribution in [1.82, 2.24) is 9.97 Å². The van der Waals surface area contributed by atoms with E-state index in [0.717, 1.165) is 40.2 Å². The molecule has 0 radical (unpaired) electrons. The predicted molar refractivity (Wildman–Crippen MR) is 96.3 cm³/mol. The molecule has 0 fully saturated rings. The van der Waals surface area contributed by atoms with E-state index in [1.54, 1.807) is 29.8 Å². The SMILES string of the molecule is CC(=NNc1ncnc2sc3c(c12)CCCC3)c1ccc(F)cc1. The zero-order valence-electron chi connectivity index (χ0n) is 13.3. The lowest BCUT2D eigenvalue weighted by molar-refractivity contribution is 0.628. The van der Waals surface area contributed by atoms with Crippen LogP contribution in [0.1, 0.15) is 35.8 Å². The van der Waals surface area contributed by atoms with Crippen LogP contribution >= 0.6 is 11.3 Å². The van der Waals surface area contributed by atoms with Gasteiger partial charge in [0.05, 0.1) is 11.1 Å². The Balaban J connectivity index is 1.68. The summed E-state index contributed by atoms with van der Waals surface area (Å²) in [6.45, 7) is 1.89. The highest BCUT2D eigenvalue weighted by Gasteiger charge is 2.19. The molecule has 1 N–H and O–H groups in total. The summed E-state index contributed by atoms with van der Waals surface area (Å²) in [5, 5.41) is 5.54. The number of nitrogens with one attached hydrogen (secondary N) is 1. The van der Waals surface area contributed by atoms with Crippen LogP contribution < -0.4 is 5.43 Å². The molecule has 0 unspecified atom stereocenters. The number of rotatable bonds is 3. The van der Waals surface area contributed by atoms with E-state index < -0.39 is 0 Å². The maximum absolute atomic E-state index is 13.0. The third kappa shape index (κ3) is 2.78. The zero-order valence-corrected chi connectivity index (χ0v) is 14.2. The Morgan fingerprint density at radius 3 is 2.79 bits per heavy atom.